The molecular weight excluding hydrogens is 130 g/mol. The Morgan fingerprint density at radius 2 is 2.25 bits per heavy atom. The highest BCUT2D eigenvalue weighted by Crippen LogP contribution is 2.15. The number of rotatable bonds is 0. The fourth-order valence-electron chi connectivity index (χ4n) is 0.348. The SMILES string of the molecule is O=C1CSC(=O)N1O. The summed E-state index contributed by atoms with van der Waals surface area (Å²) in [6, 6.07) is 0. The normalized spacial score (nSPS) is 20.4. The monoisotopic (exact) mass is 133 g/mol. The average molecular weight is 133 g/mol. The molecule has 0 aromatic rings. The van der Waals surface area contributed by atoms with E-state index in [0.717, 1.165) is 11.8 Å². The number of nitrogens with zero attached hydrogens (tertiary/aromatic N) is 1. The molecular formula is C3H3NO3S. The van der Waals surface area contributed by atoms with E-state index in [1.807, 2.05) is 0 Å². The Kier molecular flexibility index (Phi) is 1.22. The maximum Gasteiger partial charge on any atom is 0.312 e. The molecule has 5 heteroatoms. The highest BCUT2D eigenvalue weighted by atomic mass is 32.2. The quantitative estimate of drug-likeness (QED) is 0.475. The van der Waals surface area contributed by atoms with Crippen LogP contribution in [0.1, 0.15) is 0 Å². The molecule has 0 bridgehead atoms. The summed E-state index contributed by atoms with van der Waals surface area (Å²) >= 11 is 0.801. The molecule has 1 heterocycles. The van der Waals surface area contributed by atoms with Gasteiger partial charge in [-0.05, 0) is 0 Å². The molecule has 0 aromatic heterocycles. The molecule has 1 rings (SSSR count). The van der Waals surface area contributed by atoms with E-state index < -0.39 is 11.1 Å². The molecule has 4 nitrogen and oxygen atoms in total. The number of imide groups is 1. The van der Waals surface area contributed by atoms with Crippen molar-refractivity contribution >= 4 is 22.9 Å². The van der Waals surface area contributed by atoms with Crippen LogP contribution in [0.25, 0.3) is 0 Å². The molecule has 1 aliphatic rings. The molecule has 0 unspecified atom stereocenters. The van der Waals surface area contributed by atoms with Crippen LogP contribution in [0.5, 0.6) is 0 Å². The van der Waals surface area contributed by atoms with Gasteiger partial charge in [-0.2, -0.15) is 0 Å². The van der Waals surface area contributed by atoms with Crippen LogP contribution in [-0.4, -0.2) is 27.2 Å². The molecule has 0 aliphatic carbocycles. The number of hydroxylamine groups is 2. The van der Waals surface area contributed by atoms with E-state index >= 15 is 0 Å². The van der Waals surface area contributed by atoms with E-state index in [1.54, 1.807) is 0 Å². The minimum absolute atomic E-state index is 0.0648. The van der Waals surface area contributed by atoms with E-state index in [1.165, 1.54) is 0 Å². The van der Waals surface area contributed by atoms with Gasteiger partial charge in [0.2, 0.25) is 0 Å². The lowest BCUT2D eigenvalue weighted by Gasteiger charge is -1.97. The second-order valence-electron chi connectivity index (χ2n) is 1.26. The summed E-state index contributed by atoms with van der Waals surface area (Å²) in [4.78, 5) is 20.4. The third kappa shape index (κ3) is 0.696. The van der Waals surface area contributed by atoms with Crippen molar-refractivity contribution < 1.29 is 14.8 Å². The molecule has 0 radical (unpaired) electrons. The van der Waals surface area contributed by atoms with E-state index in [0.29, 0.717) is 0 Å². The van der Waals surface area contributed by atoms with Crippen molar-refractivity contribution in [3.8, 4) is 0 Å². The highest BCUT2D eigenvalue weighted by molar-refractivity contribution is 8.14. The Hall–Kier alpha value is -0.550. The van der Waals surface area contributed by atoms with Crippen LogP contribution >= 0.6 is 11.8 Å². The van der Waals surface area contributed by atoms with Gasteiger partial charge in [-0.25, -0.2) is 0 Å². The smallest absolute Gasteiger partial charge is 0.278 e. The van der Waals surface area contributed by atoms with Crippen molar-refractivity contribution in [3.05, 3.63) is 0 Å². The van der Waals surface area contributed by atoms with Gasteiger partial charge >= 0.3 is 5.24 Å². The zero-order chi connectivity index (χ0) is 6.15. The highest BCUT2D eigenvalue weighted by Gasteiger charge is 2.27. The lowest BCUT2D eigenvalue weighted by atomic mass is 10.7. The molecule has 0 atom stereocenters. The zero-order valence-corrected chi connectivity index (χ0v) is 4.64. The zero-order valence-electron chi connectivity index (χ0n) is 3.83. The van der Waals surface area contributed by atoms with Crippen LogP contribution in [0.3, 0.4) is 0 Å². The summed E-state index contributed by atoms with van der Waals surface area (Å²) in [5.74, 6) is -0.477. The lowest BCUT2D eigenvalue weighted by molar-refractivity contribution is -0.146. The first kappa shape index (κ1) is 5.58. The average Bonchev–Trinajstić information content (AvgIpc) is 1.98. The number of thioether (sulfide) groups is 1. The van der Waals surface area contributed by atoms with Crippen LogP contribution in [-0.2, 0) is 4.79 Å². The summed E-state index contributed by atoms with van der Waals surface area (Å²) < 4.78 is 0. The maximum atomic E-state index is 10.2. The Balaban J connectivity index is 2.70. The first-order valence-corrected chi connectivity index (χ1v) is 2.89. The standard InChI is InChI=1S/C3H3NO3S/c5-2-1-8-3(6)4(2)7/h7H,1H2. The summed E-state index contributed by atoms with van der Waals surface area (Å²) in [5.41, 5.74) is 0. The molecule has 1 fully saturated rings. The Labute approximate surface area is 49.4 Å². The van der Waals surface area contributed by atoms with Crippen molar-refractivity contribution in [2.75, 3.05) is 5.75 Å². The van der Waals surface area contributed by atoms with Crippen molar-refractivity contribution in [1.29, 1.82) is 0 Å². The fraction of sp³-hybridized carbons (Fsp3) is 0.333. The van der Waals surface area contributed by atoms with E-state index in [4.69, 9.17) is 5.21 Å². The molecule has 44 valence electrons. The molecule has 0 aromatic carbocycles. The minimum atomic E-state index is -0.588. The second-order valence-corrected chi connectivity index (χ2v) is 2.19. The minimum Gasteiger partial charge on any atom is -0.278 e. The van der Waals surface area contributed by atoms with Gasteiger partial charge in [0.05, 0.1) is 5.75 Å². The van der Waals surface area contributed by atoms with Crippen LogP contribution in [0.15, 0.2) is 0 Å². The first-order chi connectivity index (χ1) is 3.72. The van der Waals surface area contributed by atoms with Gasteiger partial charge in [-0.1, -0.05) is 11.8 Å². The molecule has 0 spiro atoms. The molecule has 1 N–H and O–H groups in total. The van der Waals surface area contributed by atoms with Crippen LogP contribution in [0.2, 0.25) is 0 Å². The van der Waals surface area contributed by atoms with Gasteiger partial charge < -0.3 is 0 Å². The topological polar surface area (TPSA) is 57.6 Å². The molecule has 0 saturated carbocycles. The van der Waals surface area contributed by atoms with Crippen molar-refractivity contribution in [2.24, 2.45) is 0 Å². The Morgan fingerprint density at radius 3 is 2.38 bits per heavy atom. The van der Waals surface area contributed by atoms with E-state index in [-0.39, 0.29) is 10.8 Å². The molecule has 2 amide bonds. The van der Waals surface area contributed by atoms with Crippen molar-refractivity contribution in [3.63, 3.8) is 0 Å². The maximum absolute atomic E-state index is 10.2. The lowest BCUT2D eigenvalue weighted by Crippen LogP contribution is -2.23. The number of carbonyl (C=O) groups is 2. The van der Waals surface area contributed by atoms with Crippen LogP contribution < -0.4 is 0 Å². The first-order valence-electron chi connectivity index (χ1n) is 1.90. The largest absolute Gasteiger partial charge is 0.312 e. The van der Waals surface area contributed by atoms with E-state index in [2.05, 4.69) is 0 Å². The Bertz CT molecular complexity index is 129. The van der Waals surface area contributed by atoms with Crippen LogP contribution in [0.4, 0.5) is 4.79 Å². The predicted molar refractivity (Wildman–Crippen MR) is 26.5 cm³/mol. The number of hydrogen-bond donors (Lipinski definition) is 1. The number of hydrogen-bond acceptors (Lipinski definition) is 4. The number of carbonyl (C=O) groups excluding carboxylic acids is 2. The summed E-state index contributed by atoms with van der Waals surface area (Å²) in [5, 5.41) is 7.92. The second kappa shape index (κ2) is 1.75. The third-order valence-corrected chi connectivity index (χ3v) is 1.54. The fourth-order valence-corrected chi connectivity index (χ4v) is 0.941. The van der Waals surface area contributed by atoms with Gasteiger partial charge in [0.25, 0.3) is 5.91 Å². The molecule has 1 saturated heterocycles. The van der Waals surface area contributed by atoms with Gasteiger partial charge in [-0.15, -0.1) is 5.06 Å². The molecule has 1 aliphatic heterocycles. The van der Waals surface area contributed by atoms with Crippen LogP contribution in [0, 0.1) is 0 Å². The summed E-state index contributed by atoms with van der Waals surface area (Å²) in [7, 11) is 0. The van der Waals surface area contributed by atoms with Gasteiger partial charge in [0.1, 0.15) is 0 Å². The predicted octanol–water partition coefficient (Wildman–Crippen LogP) is 0.0710. The third-order valence-electron chi connectivity index (χ3n) is 0.728. The summed E-state index contributed by atoms with van der Waals surface area (Å²) in [6.07, 6.45) is 0. The van der Waals surface area contributed by atoms with Crippen molar-refractivity contribution in [2.45, 2.75) is 0 Å². The number of amides is 2. The van der Waals surface area contributed by atoms with Crippen molar-refractivity contribution in [1.82, 2.24) is 5.06 Å². The van der Waals surface area contributed by atoms with Gasteiger partial charge in [0.15, 0.2) is 0 Å². The van der Waals surface area contributed by atoms with E-state index in [9.17, 15) is 9.59 Å². The van der Waals surface area contributed by atoms with Gasteiger partial charge in [-0.3, -0.25) is 14.8 Å². The Morgan fingerprint density at radius 1 is 1.62 bits per heavy atom. The molecule has 8 heavy (non-hydrogen) atoms. The van der Waals surface area contributed by atoms with Gasteiger partial charge in [0, 0.05) is 0 Å². The summed E-state index contributed by atoms with van der Waals surface area (Å²) in [6.45, 7) is 0.